The summed E-state index contributed by atoms with van der Waals surface area (Å²) in [6.07, 6.45) is 0. The number of fused-ring (bicyclic) bond motifs is 1. The zero-order valence-electron chi connectivity index (χ0n) is 8.83. The van der Waals surface area contributed by atoms with Gasteiger partial charge in [-0.1, -0.05) is 15.9 Å². The first-order valence-corrected chi connectivity index (χ1v) is 5.74. The summed E-state index contributed by atoms with van der Waals surface area (Å²) < 4.78 is 1.00. The fourth-order valence-electron chi connectivity index (χ4n) is 1.89. The van der Waals surface area contributed by atoms with Crippen molar-refractivity contribution in [3.63, 3.8) is 0 Å². The van der Waals surface area contributed by atoms with Gasteiger partial charge in [0.25, 0.3) is 0 Å². The third-order valence-corrected chi connectivity index (χ3v) is 3.12. The minimum Gasteiger partial charge on any atom is -0.364 e. The minimum atomic E-state index is 0.158. The van der Waals surface area contributed by atoms with Crippen molar-refractivity contribution in [1.29, 1.82) is 0 Å². The molecule has 2 rings (SSSR count). The van der Waals surface area contributed by atoms with Gasteiger partial charge in [0.1, 0.15) is 0 Å². The Morgan fingerprint density at radius 1 is 1.40 bits per heavy atom. The molecule has 0 saturated carbocycles. The van der Waals surface area contributed by atoms with Crippen LogP contribution in [0.1, 0.15) is 6.92 Å². The monoisotopic (exact) mass is 268 g/mol. The number of benzene rings is 1. The molecule has 1 heterocycles. The standard InChI is InChI=1S/C11H13BrN2O/c1-3-14-10-6-8(12)4-5-9(10)13(2)7-11(14)15/h4-6H,3,7H2,1-2H3. The largest absolute Gasteiger partial charge is 0.364 e. The molecule has 1 aromatic carbocycles. The predicted molar refractivity (Wildman–Crippen MR) is 65.4 cm³/mol. The lowest BCUT2D eigenvalue weighted by Gasteiger charge is -2.34. The van der Waals surface area contributed by atoms with Gasteiger partial charge in [0.15, 0.2) is 0 Å². The molecular weight excluding hydrogens is 256 g/mol. The van der Waals surface area contributed by atoms with E-state index in [0.717, 1.165) is 22.4 Å². The van der Waals surface area contributed by atoms with Gasteiger partial charge in [-0.3, -0.25) is 4.79 Å². The molecule has 1 aliphatic rings. The summed E-state index contributed by atoms with van der Waals surface area (Å²) in [7, 11) is 1.94. The van der Waals surface area contributed by atoms with Crippen LogP contribution < -0.4 is 9.80 Å². The van der Waals surface area contributed by atoms with E-state index in [0.29, 0.717) is 6.54 Å². The van der Waals surface area contributed by atoms with Crippen molar-refractivity contribution < 1.29 is 4.79 Å². The van der Waals surface area contributed by atoms with Gasteiger partial charge in [-0.15, -0.1) is 0 Å². The van der Waals surface area contributed by atoms with E-state index < -0.39 is 0 Å². The van der Waals surface area contributed by atoms with Crippen LogP contribution in [-0.2, 0) is 4.79 Å². The van der Waals surface area contributed by atoms with Crippen LogP contribution >= 0.6 is 15.9 Å². The molecule has 0 saturated heterocycles. The molecule has 0 radical (unpaired) electrons. The molecule has 1 aliphatic heterocycles. The third-order valence-electron chi connectivity index (χ3n) is 2.63. The molecule has 4 heteroatoms. The van der Waals surface area contributed by atoms with Crippen molar-refractivity contribution in [2.75, 3.05) is 29.9 Å². The molecule has 0 aromatic heterocycles. The predicted octanol–water partition coefficient (Wildman–Crippen LogP) is 2.25. The Balaban J connectivity index is 2.54. The van der Waals surface area contributed by atoms with Gasteiger partial charge in [-0.2, -0.15) is 0 Å². The van der Waals surface area contributed by atoms with Crippen LogP contribution in [-0.4, -0.2) is 26.0 Å². The van der Waals surface area contributed by atoms with Crippen LogP contribution in [0.2, 0.25) is 0 Å². The lowest BCUT2D eigenvalue weighted by atomic mass is 10.1. The maximum atomic E-state index is 11.8. The summed E-state index contributed by atoms with van der Waals surface area (Å²) >= 11 is 3.43. The number of likely N-dealkylation sites (N-methyl/N-ethyl adjacent to an activating group) is 2. The second-order valence-corrected chi connectivity index (χ2v) is 4.54. The zero-order chi connectivity index (χ0) is 11.0. The zero-order valence-corrected chi connectivity index (χ0v) is 10.4. The number of carbonyl (C=O) groups is 1. The van der Waals surface area contributed by atoms with Crippen molar-refractivity contribution in [1.82, 2.24) is 0 Å². The van der Waals surface area contributed by atoms with Crippen molar-refractivity contribution >= 4 is 33.2 Å². The Labute approximate surface area is 97.8 Å². The number of hydrogen-bond donors (Lipinski definition) is 0. The van der Waals surface area contributed by atoms with E-state index in [1.54, 1.807) is 0 Å². The van der Waals surface area contributed by atoms with Gasteiger partial charge in [0.05, 0.1) is 17.9 Å². The van der Waals surface area contributed by atoms with Crippen molar-refractivity contribution in [2.45, 2.75) is 6.92 Å². The van der Waals surface area contributed by atoms with Crippen molar-refractivity contribution in [3.8, 4) is 0 Å². The fraction of sp³-hybridized carbons (Fsp3) is 0.364. The molecule has 0 unspecified atom stereocenters. The molecule has 0 atom stereocenters. The quantitative estimate of drug-likeness (QED) is 0.780. The highest BCUT2D eigenvalue weighted by molar-refractivity contribution is 9.10. The van der Waals surface area contributed by atoms with Gasteiger partial charge < -0.3 is 9.80 Å². The molecule has 0 aliphatic carbocycles. The fourth-order valence-corrected chi connectivity index (χ4v) is 2.24. The lowest BCUT2D eigenvalue weighted by molar-refractivity contribution is -0.117. The van der Waals surface area contributed by atoms with Crippen LogP contribution in [0.4, 0.5) is 11.4 Å². The normalized spacial score (nSPS) is 15.5. The van der Waals surface area contributed by atoms with Gasteiger partial charge in [-0.05, 0) is 25.1 Å². The molecular formula is C11H13BrN2O. The summed E-state index contributed by atoms with van der Waals surface area (Å²) in [6, 6.07) is 6.03. The molecule has 1 amide bonds. The van der Waals surface area contributed by atoms with Crippen LogP contribution in [0.3, 0.4) is 0 Å². The summed E-state index contributed by atoms with van der Waals surface area (Å²) in [5.74, 6) is 0.158. The van der Waals surface area contributed by atoms with Gasteiger partial charge in [0, 0.05) is 18.1 Å². The van der Waals surface area contributed by atoms with Gasteiger partial charge >= 0.3 is 0 Å². The molecule has 80 valence electrons. The number of rotatable bonds is 1. The highest BCUT2D eigenvalue weighted by Crippen LogP contribution is 2.34. The number of halogens is 1. The van der Waals surface area contributed by atoms with Crippen LogP contribution in [0.15, 0.2) is 22.7 Å². The van der Waals surface area contributed by atoms with Crippen molar-refractivity contribution in [3.05, 3.63) is 22.7 Å². The number of nitrogens with zero attached hydrogens (tertiary/aromatic N) is 2. The summed E-state index contributed by atoms with van der Waals surface area (Å²) in [4.78, 5) is 15.6. The average Bonchev–Trinajstić information content (AvgIpc) is 2.17. The Kier molecular flexibility index (Phi) is 2.69. The second-order valence-electron chi connectivity index (χ2n) is 3.63. The smallest absolute Gasteiger partial charge is 0.246 e. The maximum absolute atomic E-state index is 11.8. The van der Waals surface area contributed by atoms with E-state index in [1.807, 2.05) is 42.0 Å². The highest BCUT2D eigenvalue weighted by atomic mass is 79.9. The topological polar surface area (TPSA) is 23.6 Å². The SMILES string of the molecule is CCN1C(=O)CN(C)c2ccc(Br)cc21. The van der Waals surface area contributed by atoms with Crippen LogP contribution in [0.25, 0.3) is 0 Å². The summed E-state index contributed by atoms with van der Waals surface area (Å²) in [5, 5.41) is 0. The first kappa shape index (κ1) is 10.5. The van der Waals surface area contributed by atoms with E-state index in [4.69, 9.17) is 0 Å². The molecule has 0 spiro atoms. The molecule has 0 bridgehead atoms. The molecule has 3 nitrogen and oxygen atoms in total. The van der Waals surface area contributed by atoms with E-state index in [9.17, 15) is 4.79 Å². The first-order valence-electron chi connectivity index (χ1n) is 4.94. The average molecular weight is 269 g/mol. The molecule has 0 fully saturated rings. The third kappa shape index (κ3) is 1.74. The Hall–Kier alpha value is -1.03. The summed E-state index contributed by atoms with van der Waals surface area (Å²) in [5.41, 5.74) is 2.10. The number of hydrogen-bond acceptors (Lipinski definition) is 2. The Morgan fingerprint density at radius 3 is 2.80 bits per heavy atom. The molecule has 0 N–H and O–H groups in total. The van der Waals surface area contributed by atoms with E-state index >= 15 is 0 Å². The van der Waals surface area contributed by atoms with Crippen LogP contribution in [0, 0.1) is 0 Å². The van der Waals surface area contributed by atoms with Crippen LogP contribution in [0.5, 0.6) is 0 Å². The Bertz CT molecular complexity index is 406. The lowest BCUT2D eigenvalue weighted by Crippen LogP contribution is -2.44. The maximum Gasteiger partial charge on any atom is 0.246 e. The summed E-state index contributed by atoms with van der Waals surface area (Å²) in [6.45, 7) is 3.17. The highest BCUT2D eigenvalue weighted by Gasteiger charge is 2.25. The number of amides is 1. The van der Waals surface area contributed by atoms with E-state index in [-0.39, 0.29) is 5.91 Å². The minimum absolute atomic E-state index is 0.158. The van der Waals surface area contributed by atoms with Gasteiger partial charge in [-0.25, -0.2) is 0 Å². The van der Waals surface area contributed by atoms with Crippen molar-refractivity contribution in [2.24, 2.45) is 0 Å². The second kappa shape index (κ2) is 3.85. The molecule has 15 heavy (non-hydrogen) atoms. The Morgan fingerprint density at radius 2 is 2.13 bits per heavy atom. The van der Waals surface area contributed by atoms with E-state index in [1.165, 1.54) is 0 Å². The number of carbonyl (C=O) groups excluding carboxylic acids is 1. The first-order chi connectivity index (χ1) is 7.13. The molecule has 1 aromatic rings. The van der Waals surface area contributed by atoms with Gasteiger partial charge in [0.2, 0.25) is 5.91 Å². The number of anilines is 2. The van der Waals surface area contributed by atoms with E-state index in [2.05, 4.69) is 15.9 Å².